The molecule has 2 rings (SSSR count). The third kappa shape index (κ3) is 3.96. The van der Waals surface area contributed by atoms with Crippen molar-refractivity contribution in [3.05, 3.63) is 29.6 Å². The lowest BCUT2D eigenvalue weighted by Crippen LogP contribution is -2.17. The molecule has 1 aromatic rings. The Bertz CT molecular complexity index is 391. The number of ether oxygens (including phenoxy) is 1. The minimum absolute atomic E-state index is 0.311. The summed E-state index contributed by atoms with van der Waals surface area (Å²) in [5, 5.41) is 12.5. The molecule has 100 valence electrons. The van der Waals surface area contributed by atoms with Crippen molar-refractivity contribution in [1.82, 2.24) is 5.32 Å². The fraction of sp³-hybridized carbons (Fsp3) is 0.571. The van der Waals surface area contributed by atoms with Crippen molar-refractivity contribution in [2.24, 2.45) is 0 Å². The van der Waals surface area contributed by atoms with Gasteiger partial charge in [0, 0.05) is 24.6 Å². The van der Waals surface area contributed by atoms with Gasteiger partial charge in [0.25, 0.3) is 0 Å². The molecule has 0 spiro atoms. The normalized spacial score (nSPS) is 16.6. The van der Waals surface area contributed by atoms with Gasteiger partial charge < -0.3 is 15.2 Å². The van der Waals surface area contributed by atoms with E-state index >= 15 is 0 Å². The van der Waals surface area contributed by atoms with Crippen LogP contribution in [0.2, 0.25) is 0 Å². The molecule has 1 saturated carbocycles. The van der Waals surface area contributed by atoms with Crippen molar-refractivity contribution >= 4 is 0 Å². The third-order valence-electron chi connectivity index (χ3n) is 2.99. The lowest BCUT2D eigenvalue weighted by Gasteiger charge is -2.13. The van der Waals surface area contributed by atoms with E-state index in [0.29, 0.717) is 31.4 Å². The highest BCUT2D eigenvalue weighted by Gasteiger charge is 2.21. The number of benzene rings is 1. The van der Waals surface area contributed by atoms with E-state index in [0.717, 1.165) is 5.56 Å². The summed E-state index contributed by atoms with van der Waals surface area (Å²) in [6.45, 7) is 2.65. The molecule has 0 aliphatic heterocycles. The zero-order chi connectivity index (χ0) is 13.0. The molecule has 18 heavy (non-hydrogen) atoms. The minimum Gasteiger partial charge on any atom is -0.490 e. The van der Waals surface area contributed by atoms with Gasteiger partial charge in [-0.15, -0.1) is 0 Å². The molecule has 1 aromatic carbocycles. The van der Waals surface area contributed by atoms with Crippen LogP contribution in [0.3, 0.4) is 0 Å². The summed E-state index contributed by atoms with van der Waals surface area (Å²) in [5.74, 6) is -0.0259. The molecule has 0 radical (unpaired) electrons. The van der Waals surface area contributed by atoms with Crippen LogP contribution >= 0.6 is 0 Å². The first-order valence-corrected chi connectivity index (χ1v) is 6.48. The molecular weight excluding hydrogens is 233 g/mol. The molecule has 3 nitrogen and oxygen atoms in total. The predicted molar refractivity (Wildman–Crippen MR) is 68.1 cm³/mol. The van der Waals surface area contributed by atoms with E-state index < -0.39 is 6.10 Å². The van der Waals surface area contributed by atoms with E-state index in [1.807, 2.05) is 6.07 Å². The molecule has 1 unspecified atom stereocenters. The second-order valence-electron chi connectivity index (χ2n) is 4.87. The molecule has 4 heteroatoms. The maximum Gasteiger partial charge on any atom is 0.165 e. The van der Waals surface area contributed by atoms with Crippen LogP contribution in [0.15, 0.2) is 18.2 Å². The van der Waals surface area contributed by atoms with Crippen LogP contribution in [0.25, 0.3) is 0 Å². The van der Waals surface area contributed by atoms with Crippen molar-refractivity contribution in [1.29, 1.82) is 0 Å². The monoisotopic (exact) mass is 253 g/mol. The number of para-hydroxylation sites is 1. The second kappa shape index (κ2) is 6.16. The Morgan fingerprint density at radius 1 is 1.50 bits per heavy atom. The fourth-order valence-corrected chi connectivity index (χ4v) is 1.73. The Hall–Kier alpha value is -1.13. The molecule has 2 N–H and O–H groups in total. The van der Waals surface area contributed by atoms with Gasteiger partial charge in [0.05, 0.1) is 12.7 Å². The first-order valence-electron chi connectivity index (χ1n) is 6.48. The standard InChI is InChI=1S/C14H20FNO2/c1-10(17)7-8-18-14-11(3-2-4-13(14)15)9-16-12-5-6-12/h2-4,10,12,16-17H,5-9H2,1H3. The van der Waals surface area contributed by atoms with Gasteiger partial charge in [-0.3, -0.25) is 0 Å². The first kappa shape index (κ1) is 13.3. The van der Waals surface area contributed by atoms with Crippen LogP contribution < -0.4 is 10.1 Å². The Morgan fingerprint density at radius 3 is 2.94 bits per heavy atom. The zero-order valence-corrected chi connectivity index (χ0v) is 10.7. The molecule has 0 saturated heterocycles. The summed E-state index contributed by atoms with van der Waals surface area (Å²) in [7, 11) is 0. The molecule has 0 amide bonds. The second-order valence-corrected chi connectivity index (χ2v) is 4.87. The highest BCUT2D eigenvalue weighted by molar-refractivity contribution is 5.35. The summed E-state index contributed by atoms with van der Waals surface area (Å²) in [6, 6.07) is 5.55. The topological polar surface area (TPSA) is 41.5 Å². The van der Waals surface area contributed by atoms with Crippen molar-refractivity contribution < 1.29 is 14.2 Å². The number of rotatable bonds is 7. The number of aliphatic hydroxyl groups excluding tert-OH is 1. The van der Waals surface area contributed by atoms with E-state index in [1.165, 1.54) is 18.9 Å². The van der Waals surface area contributed by atoms with Crippen molar-refractivity contribution in [2.45, 2.75) is 44.9 Å². The number of nitrogens with one attached hydrogen (secondary N) is 1. The lowest BCUT2D eigenvalue weighted by molar-refractivity contribution is 0.153. The SMILES string of the molecule is CC(O)CCOc1c(F)cccc1CNC1CC1. The smallest absolute Gasteiger partial charge is 0.165 e. The minimum atomic E-state index is -0.426. The van der Waals surface area contributed by atoms with Gasteiger partial charge in [0.2, 0.25) is 0 Å². The van der Waals surface area contributed by atoms with Crippen molar-refractivity contribution in [3.63, 3.8) is 0 Å². The number of hydrogen-bond donors (Lipinski definition) is 2. The van der Waals surface area contributed by atoms with E-state index in [4.69, 9.17) is 9.84 Å². The molecule has 0 aromatic heterocycles. The number of halogens is 1. The Labute approximate surface area is 107 Å². The summed E-state index contributed by atoms with van der Waals surface area (Å²) in [6.07, 6.45) is 2.48. The fourth-order valence-electron chi connectivity index (χ4n) is 1.73. The van der Waals surface area contributed by atoms with Gasteiger partial charge in [0.15, 0.2) is 11.6 Å². The predicted octanol–water partition coefficient (Wildman–Crippen LogP) is 2.23. The Balaban J connectivity index is 1.95. The average molecular weight is 253 g/mol. The molecule has 0 bridgehead atoms. The van der Waals surface area contributed by atoms with Crippen molar-refractivity contribution in [2.75, 3.05) is 6.61 Å². The third-order valence-corrected chi connectivity index (χ3v) is 2.99. The van der Waals surface area contributed by atoms with Crippen LogP contribution in [-0.2, 0) is 6.54 Å². The van der Waals surface area contributed by atoms with E-state index in [2.05, 4.69) is 5.32 Å². The van der Waals surface area contributed by atoms with Gasteiger partial charge in [-0.25, -0.2) is 4.39 Å². The van der Waals surface area contributed by atoms with E-state index in [9.17, 15) is 4.39 Å². The summed E-state index contributed by atoms with van der Waals surface area (Å²) in [5.41, 5.74) is 0.840. The van der Waals surface area contributed by atoms with E-state index in [-0.39, 0.29) is 5.82 Å². The Kier molecular flexibility index (Phi) is 4.55. The largest absolute Gasteiger partial charge is 0.490 e. The zero-order valence-electron chi connectivity index (χ0n) is 10.7. The lowest BCUT2D eigenvalue weighted by atomic mass is 10.2. The van der Waals surface area contributed by atoms with Crippen LogP contribution in [0, 0.1) is 5.82 Å². The van der Waals surface area contributed by atoms with Crippen LogP contribution in [-0.4, -0.2) is 23.9 Å². The molecule has 1 aliphatic rings. The molecule has 1 fully saturated rings. The highest BCUT2D eigenvalue weighted by atomic mass is 19.1. The van der Waals surface area contributed by atoms with Gasteiger partial charge in [0.1, 0.15) is 0 Å². The van der Waals surface area contributed by atoms with Crippen molar-refractivity contribution in [3.8, 4) is 5.75 Å². The number of hydrogen-bond acceptors (Lipinski definition) is 3. The average Bonchev–Trinajstić information content (AvgIpc) is 3.12. The summed E-state index contributed by atoms with van der Waals surface area (Å²) >= 11 is 0. The first-order chi connectivity index (χ1) is 8.66. The highest BCUT2D eigenvalue weighted by Crippen LogP contribution is 2.25. The maximum atomic E-state index is 13.7. The van der Waals surface area contributed by atoms with Gasteiger partial charge in [-0.05, 0) is 25.8 Å². The molecule has 0 heterocycles. The van der Waals surface area contributed by atoms with E-state index in [1.54, 1.807) is 13.0 Å². The molecular formula is C14H20FNO2. The van der Waals surface area contributed by atoms with Crippen LogP contribution in [0.4, 0.5) is 4.39 Å². The van der Waals surface area contributed by atoms with Crippen LogP contribution in [0.1, 0.15) is 31.7 Å². The molecule has 1 atom stereocenters. The maximum absolute atomic E-state index is 13.7. The van der Waals surface area contributed by atoms with Gasteiger partial charge in [-0.2, -0.15) is 0 Å². The van der Waals surface area contributed by atoms with Gasteiger partial charge in [-0.1, -0.05) is 12.1 Å². The summed E-state index contributed by atoms with van der Waals surface area (Å²) < 4.78 is 19.2. The quantitative estimate of drug-likeness (QED) is 0.783. The Morgan fingerprint density at radius 2 is 2.28 bits per heavy atom. The summed E-state index contributed by atoms with van der Waals surface area (Å²) in [4.78, 5) is 0. The molecule has 1 aliphatic carbocycles. The number of aliphatic hydroxyl groups is 1. The van der Waals surface area contributed by atoms with Gasteiger partial charge >= 0.3 is 0 Å². The van der Waals surface area contributed by atoms with Crippen LogP contribution in [0.5, 0.6) is 5.75 Å².